The molecule has 2 aromatic heterocycles. The van der Waals surface area contributed by atoms with Gasteiger partial charge in [0, 0.05) is 12.0 Å². The highest BCUT2D eigenvalue weighted by atomic mass is 32.1. The maximum absolute atomic E-state index is 5.88. The molecule has 1 aliphatic rings. The van der Waals surface area contributed by atoms with Gasteiger partial charge in [0.1, 0.15) is 5.75 Å². The first-order valence-corrected chi connectivity index (χ1v) is 10.7. The van der Waals surface area contributed by atoms with Gasteiger partial charge in [0.25, 0.3) is 0 Å². The number of nitrogens with zero attached hydrogens (tertiary/aromatic N) is 2. The molecule has 4 rings (SSSR count). The molecule has 1 aromatic carbocycles. The van der Waals surface area contributed by atoms with Gasteiger partial charge in [-0.15, -0.1) is 22.7 Å². The Kier molecular flexibility index (Phi) is 5.53. The number of rotatable bonds is 6. The third-order valence-electron chi connectivity index (χ3n) is 4.35. The van der Waals surface area contributed by atoms with Crippen LogP contribution in [-0.4, -0.2) is 23.9 Å². The van der Waals surface area contributed by atoms with E-state index in [9.17, 15) is 0 Å². The van der Waals surface area contributed by atoms with Crippen molar-refractivity contribution >= 4 is 28.4 Å². The van der Waals surface area contributed by atoms with Crippen LogP contribution in [0.15, 0.2) is 52.2 Å². The average molecular weight is 387 g/mol. The van der Waals surface area contributed by atoms with Crippen molar-refractivity contribution in [2.75, 3.05) is 13.2 Å². The third kappa shape index (κ3) is 3.92. The van der Waals surface area contributed by atoms with E-state index in [1.54, 1.807) is 22.7 Å². The Morgan fingerprint density at radius 3 is 2.81 bits per heavy atom. The van der Waals surface area contributed by atoms with Crippen molar-refractivity contribution in [2.24, 2.45) is 4.99 Å². The topological polar surface area (TPSA) is 35.8 Å². The molecule has 3 aromatic rings. The van der Waals surface area contributed by atoms with Crippen LogP contribution < -0.4 is 9.54 Å². The molecule has 6 heteroatoms. The zero-order chi connectivity index (χ0) is 17.8. The Hall–Kier alpha value is -1.89. The van der Waals surface area contributed by atoms with Gasteiger partial charge in [0.05, 0.1) is 35.5 Å². The molecular formula is C20H22N2O2S2. The summed E-state index contributed by atoms with van der Waals surface area (Å²) in [5, 5.41) is 4.32. The largest absolute Gasteiger partial charge is 0.494 e. The molecule has 3 heterocycles. The molecule has 1 atom stereocenters. The van der Waals surface area contributed by atoms with E-state index in [4.69, 9.17) is 14.5 Å². The van der Waals surface area contributed by atoms with E-state index < -0.39 is 0 Å². The molecule has 0 saturated carbocycles. The van der Waals surface area contributed by atoms with E-state index in [1.807, 2.05) is 31.2 Å². The van der Waals surface area contributed by atoms with Gasteiger partial charge in [-0.05, 0) is 55.5 Å². The molecule has 0 amide bonds. The smallest absolute Gasteiger partial charge is 0.190 e. The minimum atomic E-state index is 0.280. The van der Waals surface area contributed by atoms with Crippen LogP contribution in [0, 0.1) is 0 Å². The average Bonchev–Trinajstić information content (AvgIpc) is 3.40. The predicted molar refractivity (Wildman–Crippen MR) is 107 cm³/mol. The molecule has 1 aliphatic heterocycles. The Morgan fingerprint density at radius 2 is 2.12 bits per heavy atom. The van der Waals surface area contributed by atoms with Crippen LogP contribution in [-0.2, 0) is 11.3 Å². The van der Waals surface area contributed by atoms with E-state index >= 15 is 0 Å². The summed E-state index contributed by atoms with van der Waals surface area (Å²) in [6.45, 7) is 4.39. The predicted octanol–water partition coefficient (Wildman–Crippen LogP) is 5.09. The highest BCUT2D eigenvalue weighted by Crippen LogP contribution is 2.27. The van der Waals surface area contributed by atoms with E-state index in [0.29, 0.717) is 6.61 Å². The maximum atomic E-state index is 5.88. The first-order valence-electron chi connectivity index (χ1n) is 8.95. The molecule has 0 bridgehead atoms. The molecule has 4 nitrogen and oxygen atoms in total. The molecule has 0 aliphatic carbocycles. The summed E-state index contributed by atoms with van der Waals surface area (Å²) in [5.41, 5.74) is 2.17. The molecule has 1 saturated heterocycles. The summed E-state index contributed by atoms with van der Waals surface area (Å²) < 4.78 is 13.7. The van der Waals surface area contributed by atoms with Crippen LogP contribution in [0.4, 0.5) is 5.69 Å². The fourth-order valence-electron chi connectivity index (χ4n) is 3.10. The lowest BCUT2D eigenvalue weighted by Gasteiger charge is -2.13. The van der Waals surface area contributed by atoms with Crippen molar-refractivity contribution in [3.8, 4) is 16.3 Å². The standard InChI is InChI=1S/C20H22N2O2S2/c1-2-23-16-9-7-15(8-10-16)21-20-22(13-17-5-3-11-24-17)18(14-26-20)19-6-4-12-25-19/h4,6-10,12,14,17H,2-3,5,11,13H2,1H3. The summed E-state index contributed by atoms with van der Waals surface area (Å²) in [5.74, 6) is 0.879. The van der Waals surface area contributed by atoms with Crippen LogP contribution in [0.1, 0.15) is 19.8 Å². The molecule has 26 heavy (non-hydrogen) atoms. The second-order valence-electron chi connectivity index (χ2n) is 6.17. The number of ether oxygens (including phenoxy) is 2. The Bertz CT molecular complexity index is 889. The van der Waals surface area contributed by atoms with Gasteiger partial charge in [-0.25, -0.2) is 4.99 Å². The van der Waals surface area contributed by atoms with Crippen LogP contribution in [0.25, 0.3) is 10.6 Å². The van der Waals surface area contributed by atoms with Crippen LogP contribution in [0.2, 0.25) is 0 Å². The fraction of sp³-hybridized carbons (Fsp3) is 0.350. The number of hydrogen-bond donors (Lipinski definition) is 0. The second-order valence-corrected chi connectivity index (χ2v) is 7.95. The highest BCUT2D eigenvalue weighted by Gasteiger charge is 2.19. The van der Waals surface area contributed by atoms with E-state index in [0.717, 1.165) is 42.2 Å². The monoisotopic (exact) mass is 386 g/mol. The molecule has 0 N–H and O–H groups in total. The van der Waals surface area contributed by atoms with Crippen LogP contribution in [0.5, 0.6) is 5.75 Å². The first-order chi connectivity index (χ1) is 12.8. The van der Waals surface area contributed by atoms with Gasteiger partial charge in [-0.2, -0.15) is 0 Å². The van der Waals surface area contributed by atoms with Gasteiger partial charge < -0.3 is 14.0 Å². The highest BCUT2D eigenvalue weighted by molar-refractivity contribution is 7.14. The SMILES string of the molecule is CCOc1ccc(N=c2scc(-c3cccs3)n2CC2CCCO2)cc1. The Labute approximate surface area is 161 Å². The van der Waals surface area contributed by atoms with Crippen molar-refractivity contribution in [1.82, 2.24) is 4.57 Å². The van der Waals surface area contributed by atoms with Crippen LogP contribution in [0.3, 0.4) is 0 Å². The fourth-order valence-corrected chi connectivity index (χ4v) is 4.86. The number of thiophene rings is 1. The van der Waals surface area contributed by atoms with Crippen molar-refractivity contribution in [3.05, 3.63) is 52.0 Å². The molecular weight excluding hydrogens is 364 g/mol. The second kappa shape index (κ2) is 8.20. The van der Waals surface area contributed by atoms with E-state index in [2.05, 4.69) is 27.5 Å². The van der Waals surface area contributed by atoms with Crippen molar-refractivity contribution in [1.29, 1.82) is 0 Å². The quantitative estimate of drug-likeness (QED) is 0.592. The lowest BCUT2D eigenvalue weighted by Crippen LogP contribution is -2.23. The summed E-state index contributed by atoms with van der Waals surface area (Å²) >= 11 is 3.45. The molecule has 1 fully saturated rings. The van der Waals surface area contributed by atoms with Gasteiger partial charge in [-0.3, -0.25) is 0 Å². The molecule has 0 spiro atoms. The van der Waals surface area contributed by atoms with Gasteiger partial charge in [-0.1, -0.05) is 6.07 Å². The van der Waals surface area contributed by atoms with Gasteiger partial charge in [0.2, 0.25) is 0 Å². The van der Waals surface area contributed by atoms with Crippen molar-refractivity contribution in [2.45, 2.75) is 32.4 Å². The van der Waals surface area contributed by atoms with Gasteiger partial charge >= 0.3 is 0 Å². The van der Waals surface area contributed by atoms with Crippen molar-refractivity contribution < 1.29 is 9.47 Å². The normalized spacial score (nSPS) is 17.7. The lowest BCUT2D eigenvalue weighted by atomic mass is 10.2. The number of benzene rings is 1. The summed E-state index contributed by atoms with van der Waals surface area (Å²) in [7, 11) is 0. The summed E-state index contributed by atoms with van der Waals surface area (Å²) in [6, 6.07) is 12.2. The van der Waals surface area contributed by atoms with E-state index in [1.165, 1.54) is 10.6 Å². The van der Waals surface area contributed by atoms with Crippen LogP contribution >= 0.6 is 22.7 Å². The number of hydrogen-bond acceptors (Lipinski definition) is 5. The molecule has 136 valence electrons. The third-order valence-corrected chi connectivity index (χ3v) is 6.11. The zero-order valence-electron chi connectivity index (χ0n) is 14.8. The van der Waals surface area contributed by atoms with Crippen molar-refractivity contribution in [3.63, 3.8) is 0 Å². The van der Waals surface area contributed by atoms with Gasteiger partial charge in [0.15, 0.2) is 4.80 Å². The lowest BCUT2D eigenvalue weighted by molar-refractivity contribution is 0.0968. The molecule has 0 radical (unpaired) electrons. The summed E-state index contributed by atoms with van der Waals surface area (Å²) in [4.78, 5) is 7.17. The Morgan fingerprint density at radius 1 is 1.23 bits per heavy atom. The number of thiazole rings is 1. The summed E-state index contributed by atoms with van der Waals surface area (Å²) in [6.07, 6.45) is 2.55. The maximum Gasteiger partial charge on any atom is 0.190 e. The Balaban J connectivity index is 1.70. The zero-order valence-corrected chi connectivity index (χ0v) is 16.4. The first kappa shape index (κ1) is 17.5. The molecule has 1 unspecified atom stereocenters. The minimum Gasteiger partial charge on any atom is -0.494 e. The minimum absolute atomic E-state index is 0.280. The van der Waals surface area contributed by atoms with E-state index in [-0.39, 0.29) is 6.10 Å². The number of aromatic nitrogens is 1.